The Hall–Kier alpha value is -0.830. The smallest absolute Gasteiger partial charge is 0.254 e. The first-order chi connectivity index (χ1) is 8.13. The molecule has 0 spiro atoms. The summed E-state index contributed by atoms with van der Waals surface area (Å²) < 4.78 is 1.06. The Kier molecular flexibility index (Phi) is 3.87. The lowest BCUT2D eigenvalue weighted by atomic mass is 10.1. The van der Waals surface area contributed by atoms with E-state index in [9.17, 15) is 4.79 Å². The molecule has 0 saturated carbocycles. The van der Waals surface area contributed by atoms with Crippen molar-refractivity contribution < 1.29 is 4.79 Å². The van der Waals surface area contributed by atoms with Crippen molar-refractivity contribution in [2.75, 3.05) is 6.54 Å². The molecule has 0 radical (unpaired) electrons. The molecule has 2 rings (SSSR count). The molecule has 0 aliphatic carbocycles. The topological polar surface area (TPSA) is 20.3 Å². The third kappa shape index (κ3) is 2.54. The molecular weight excluding hydrogens is 278 g/mol. The molecule has 0 N–H and O–H groups in total. The highest BCUT2D eigenvalue weighted by Crippen LogP contribution is 2.24. The van der Waals surface area contributed by atoms with Crippen molar-refractivity contribution in [3.05, 3.63) is 33.8 Å². The average Bonchev–Trinajstić information content (AvgIpc) is 2.80. The normalized spacial score (nSPS) is 19.7. The van der Waals surface area contributed by atoms with Crippen LogP contribution >= 0.6 is 15.9 Å². The van der Waals surface area contributed by atoms with Gasteiger partial charge in [-0.25, -0.2) is 0 Å². The molecule has 17 heavy (non-hydrogen) atoms. The van der Waals surface area contributed by atoms with Gasteiger partial charge in [0.15, 0.2) is 0 Å². The van der Waals surface area contributed by atoms with Crippen LogP contribution in [0.15, 0.2) is 22.7 Å². The fourth-order valence-corrected chi connectivity index (χ4v) is 2.72. The van der Waals surface area contributed by atoms with E-state index in [2.05, 4.69) is 22.9 Å². The molecule has 1 amide bonds. The number of likely N-dealkylation sites (tertiary alicyclic amines) is 1. The van der Waals surface area contributed by atoms with Gasteiger partial charge in [0.1, 0.15) is 0 Å². The highest BCUT2D eigenvalue weighted by molar-refractivity contribution is 9.10. The molecule has 2 nitrogen and oxygen atoms in total. The molecule has 1 aliphatic rings. The number of hydrogen-bond donors (Lipinski definition) is 0. The van der Waals surface area contributed by atoms with E-state index in [1.165, 1.54) is 0 Å². The molecule has 1 atom stereocenters. The van der Waals surface area contributed by atoms with E-state index in [0.717, 1.165) is 41.4 Å². The van der Waals surface area contributed by atoms with Crippen LogP contribution in [-0.2, 0) is 0 Å². The second-order valence-electron chi connectivity index (χ2n) is 4.67. The lowest BCUT2D eigenvalue weighted by Crippen LogP contribution is -2.35. The van der Waals surface area contributed by atoms with E-state index in [4.69, 9.17) is 0 Å². The van der Waals surface area contributed by atoms with Crippen molar-refractivity contribution >= 4 is 21.8 Å². The lowest BCUT2D eigenvalue weighted by Gasteiger charge is -2.23. The summed E-state index contributed by atoms with van der Waals surface area (Å²) >= 11 is 3.46. The highest BCUT2D eigenvalue weighted by atomic mass is 79.9. The van der Waals surface area contributed by atoms with E-state index >= 15 is 0 Å². The van der Waals surface area contributed by atoms with Gasteiger partial charge in [0.05, 0.1) is 0 Å². The molecule has 3 heteroatoms. The van der Waals surface area contributed by atoms with Gasteiger partial charge >= 0.3 is 0 Å². The van der Waals surface area contributed by atoms with Crippen molar-refractivity contribution in [3.8, 4) is 0 Å². The summed E-state index contributed by atoms with van der Waals surface area (Å²) in [7, 11) is 0. The summed E-state index contributed by atoms with van der Waals surface area (Å²) in [5, 5.41) is 0. The number of rotatable bonds is 2. The van der Waals surface area contributed by atoms with E-state index in [-0.39, 0.29) is 5.91 Å². The first kappa shape index (κ1) is 12.6. The molecule has 0 aromatic heterocycles. The first-order valence-electron chi connectivity index (χ1n) is 6.20. The summed E-state index contributed by atoms with van der Waals surface area (Å²) in [5.74, 6) is 0.185. The number of nitrogens with zero attached hydrogens (tertiary/aromatic N) is 1. The van der Waals surface area contributed by atoms with Gasteiger partial charge in [-0.1, -0.05) is 22.9 Å². The van der Waals surface area contributed by atoms with E-state index < -0.39 is 0 Å². The van der Waals surface area contributed by atoms with Crippen molar-refractivity contribution in [1.82, 2.24) is 4.90 Å². The minimum absolute atomic E-state index is 0.185. The molecule has 1 aromatic carbocycles. The number of amides is 1. The molecule has 1 saturated heterocycles. The summed E-state index contributed by atoms with van der Waals surface area (Å²) in [6, 6.07) is 6.27. The van der Waals surface area contributed by atoms with Crippen LogP contribution in [0.25, 0.3) is 0 Å². The van der Waals surface area contributed by atoms with Gasteiger partial charge in [-0.05, 0) is 49.9 Å². The monoisotopic (exact) mass is 295 g/mol. The average molecular weight is 296 g/mol. The Labute approximate surface area is 111 Å². The molecule has 1 heterocycles. The largest absolute Gasteiger partial charge is 0.336 e. The molecule has 1 unspecified atom stereocenters. The fourth-order valence-electron chi connectivity index (χ4n) is 2.47. The van der Waals surface area contributed by atoms with Gasteiger partial charge in [-0.15, -0.1) is 0 Å². The van der Waals surface area contributed by atoms with E-state index in [0.29, 0.717) is 6.04 Å². The van der Waals surface area contributed by atoms with Gasteiger partial charge in [0, 0.05) is 22.6 Å². The van der Waals surface area contributed by atoms with Crippen molar-refractivity contribution in [2.45, 2.75) is 39.2 Å². The number of aryl methyl sites for hydroxylation is 1. The third-order valence-electron chi connectivity index (χ3n) is 3.51. The predicted molar refractivity (Wildman–Crippen MR) is 73.2 cm³/mol. The molecule has 1 aromatic rings. The zero-order valence-corrected chi connectivity index (χ0v) is 12.0. The Morgan fingerprint density at radius 1 is 1.53 bits per heavy atom. The van der Waals surface area contributed by atoms with Crippen LogP contribution in [0.4, 0.5) is 0 Å². The number of carbonyl (C=O) groups is 1. The SMILES string of the molecule is CCC1CCCN1C(=O)c1ccc(Br)c(C)c1. The number of hydrogen-bond acceptors (Lipinski definition) is 1. The van der Waals surface area contributed by atoms with Crippen LogP contribution in [0.3, 0.4) is 0 Å². The van der Waals surface area contributed by atoms with Gasteiger partial charge in [-0.2, -0.15) is 0 Å². The van der Waals surface area contributed by atoms with Crippen molar-refractivity contribution in [3.63, 3.8) is 0 Å². The van der Waals surface area contributed by atoms with Crippen LogP contribution in [0.2, 0.25) is 0 Å². The quantitative estimate of drug-likeness (QED) is 0.813. The summed E-state index contributed by atoms with van der Waals surface area (Å²) in [5.41, 5.74) is 1.93. The van der Waals surface area contributed by atoms with Gasteiger partial charge in [-0.3, -0.25) is 4.79 Å². The lowest BCUT2D eigenvalue weighted by molar-refractivity contribution is 0.0733. The van der Waals surface area contributed by atoms with Gasteiger partial charge < -0.3 is 4.90 Å². The van der Waals surface area contributed by atoms with E-state index in [1.54, 1.807) is 0 Å². The Morgan fingerprint density at radius 2 is 2.29 bits per heavy atom. The van der Waals surface area contributed by atoms with Crippen LogP contribution in [0.5, 0.6) is 0 Å². The highest BCUT2D eigenvalue weighted by Gasteiger charge is 2.27. The minimum atomic E-state index is 0.185. The number of halogens is 1. The second-order valence-corrected chi connectivity index (χ2v) is 5.52. The zero-order chi connectivity index (χ0) is 12.4. The Morgan fingerprint density at radius 3 is 2.94 bits per heavy atom. The summed E-state index contributed by atoms with van der Waals surface area (Å²) in [6.07, 6.45) is 3.35. The second kappa shape index (κ2) is 5.21. The summed E-state index contributed by atoms with van der Waals surface area (Å²) in [6.45, 7) is 5.08. The standard InChI is InChI=1S/C14H18BrNO/c1-3-12-5-4-8-16(12)14(17)11-6-7-13(15)10(2)9-11/h6-7,9,12H,3-5,8H2,1-2H3. The van der Waals surface area contributed by atoms with Crippen LogP contribution in [0, 0.1) is 6.92 Å². The third-order valence-corrected chi connectivity index (χ3v) is 4.40. The van der Waals surface area contributed by atoms with Crippen molar-refractivity contribution in [2.24, 2.45) is 0 Å². The minimum Gasteiger partial charge on any atom is -0.336 e. The van der Waals surface area contributed by atoms with Gasteiger partial charge in [0.25, 0.3) is 5.91 Å². The molecule has 92 valence electrons. The predicted octanol–water partition coefficient (Wildman–Crippen LogP) is 3.77. The summed E-state index contributed by atoms with van der Waals surface area (Å²) in [4.78, 5) is 14.4. The molecule has 1 fully saturated rings. The maximum atomic E-state index is 12.4. The number of carbonyl (C=O) groups excluding carboxylic acids is 1. The van der Waals surface area contributed by atoms with Gasteiger partial charge in [0.2, 0.25) is 0 Å². The molecule has 1 aliphatic heterocycles. The number of benzene rings is 1. The first-order valence-corrected chi connectivity index (χ1v) is 7.00. The Balaban J connectivity index is 2.21. The van der Waals surface area contributed by atoms with Crippen LogP contribution in [0.1, 0.15) is 42.1 Å². The molecule has 0 bridgehead atoms. The molecular formula is C14H18BrNO. The zero-order valence-electron chi connectivity index (χ0n) is 10.4. The Bertz CT molecular complexity index is 430. The van der Waals surface area contributed by atoms with Crippen LogP contribution < -0.4 is 0 Å². The maximum Gasteiger partial charge on any atom is 0.254 e. The fraction of sp³-hybridized carbons (Fsp3) is 0.500. The van der Waals surface area contributed by atoms with Crippen molar-refractivity contribution in [1.29, 1.82) is 0 Å². The maximum absolute atomic E-state index is 12.4. The van der Waals surface area contributed by atoms with E-state index in [1.807, 2.05) is 30.0 Å². The van der Waals surface area contributed by atoms with Crippen LogP contribution in [-0.4, -0.2) is 23.4 Å².